The van der Waals surface area contributed by atoms with E-state index in [0.29, 0.717) is 12.6 Å². The van der Waals surface area contributed by atoms with Crippen LogP contribution in [0.4, 0.5) is 0 Å². The monoisotopic (exact) mass is 535 g/mol. The van der Waals surface area contributed by atoms with Gasteiger partial charge in [0.1, 0.15) is 0 Å². The number of pyridine rings is 1. The Bertz CT molecular complexity index is 791. The quantitative estimate of drug-likeness (QED) is 0.320. The molecule has 0 saturated carbocycles. The SMILES string of the molecule is CCNC(=NCc1ccc(C(C)(C)C)cc1)NC1CCN(Cc2ccccn2)CC1.I. The van der Waals surface area contributed by atoms with Gasteiger partial charge in [-0.25, -0.2) is 4.99 Å². The Hall–Kier alpha value is -1.67. The molecule has 0 unspecified atom stereocenters. The largest absolute Gasteiger partial charge is 0.357 e. The van der Waals surface area contributed by atoms with Gasteiger partial charge < -0.3 is 10.6 Å². The lowest BCUT2D eigenvalue weighted by Crippen LogP contribution is -2.48. The van der Waals surface area contributed by atoms with Gasteiger partial charge in [-0.15, -0.1) is 24.0 Å². The van der Waals surface area contributed by atoms with Crippen molar-refractivity contribution in [2.75, 3.05) is 19.6 Å². The summed E-state index contributed by atoms with van der Waals surface area (Å²) in [7, 11) is 0. The lowest BCUT2D eigenvalue weighted by atomic mass is 9.87. The number of guanidine groups is 1. The molecular weight excluding hydrogens is 497 g/mol. The molecule has 0 atom stereocenters. The maximum absolute atomic E-state index is 4.83. The molecule has 0 aliphatic carbocycles. The summed E-state index contributed by atoms with van der Waals surface area (Å²) in [6.07, 6.45) is 4.12. The fourth-order valence-corrected chi connectivity index (χ4v) is 3.75. The minimum atomic E-state index is 0. The number of aromatic nitrogens is 1. The predicted octanol–water partition coefficient (Wildman–Crippen LogP) is 4.72. The summed E-state index contributed by atoms with van der Waals surface area (Å²) >= 11 is 0. The van der Waals surface area contributed by atoms with Gasteiger partial charge >= 0.3 is 0 Å². The highest BCUT2D eigenvalue weighted by Crippen LogP contribution is 2.22. The van der Waals surface area contributed by atoms with Crippen molar-refractivity contribution >= 4 is 29.9 Å². The third kappa shape index (κ3) is 8.41. The van der Waals surface area contributed by atoms with E-state index in [1.807, 2.05) is 12.3 Å². The Balaban J connectivity index is 0.00000341. The average molecular weight is 536 g/mol. The van der Waals surface area contributed by atoms with Gasteiger partial charge in [0.05, 0.1) is 12.2 Å². The highest BCUT2D eigenvalue weighted by atomic mass is 127. The van der Waals surface area contributed by atoms with Gasteiger partial charge in [0, 0.05) is 38.4 Å². The summed E-state index contributed by atoms with van der Waals surface area (Å²) in [6, 6.07) is 15.4. The van der Waals surface area contributed by atoms with Gasteiger partial charge in [0.15, 0.2) is 5.96 Å². The van der Waals surface area contributed by atoms with Gasteiger partial charge in [0.2, 0.25) is 0 Å². The van der Waals surface area contributed by atoms with Gasteiger partial charge in [-0.1, -0.05) is 51.1 Å². The zero-order valence-corrected chi connectivity index (χ0v) is 21.7. The number of nitrogens with zero attached hydrogens (tertiary/aromatic N) is 3. The number of hydrogen-bond donors (Lipinski definition) is 2. The van der Waals surface area contributed by atoms with E-state index in [9.17, 15) is 0 Å². The Labute approximate surface area is 205 Å². The second-order valence-electron chi connectivity index (χ2n) is 9.16. The molecule has 1 aromatic heterocycles. The van der Waals surface area contributed by atoms with Crippen LogP contribution in [0.15, 0.2) is 53.7 Å². The average Bonchev–Trinajstić information content (AvgIpc) is 2.74. The molecule has 6 heteroatoms. The van der Waals surface area contributed by atoms with Crippen LogP contribution in [0.5, 0.6) is 0 Å². The van der Waals surface area contributed by atoms with Crippen LogP contribution >= 0.6 is 24.0 Å². The van der Waals surface area contributed by atoms with Crippen molar-refractivity contribution in [3.05, 3.63) is 65.5 Å². The Kier molecular flexibility index (Phi) is 10.2. The van der Waals surface area contributed by atoms with Crippen molar-refractivity contribution in [3.8, 4) is 0 Å². The first-order chi connectivity index (χ1) is 14.4. The van der Waals surface area contributed by atoms with E-state index in [-0.39, 0.29) is 29.4 Å². The molecule has 0 bridgehead atoms. The maximum atomic E-state index is 4.83. The van der Waals surface area contributed by atoms with Crippen LogP contribution in [-0.2, 0) is 18.5 Å². The molecule has 2 aromatic rings. The van der Waals surface area contributed by atoms with Crippen LogP contribution in [-0.4, -0.2) is 41.5 Å². The van der Waals surface area contributed by atoms with Crippen molar-refractivity contribution in [2.24, 2.45) is 4.99 Å². The van der Waals surface area contributed by atoms with E-state index in [2.05, 4.69) is 84.6 Å². The van der Waals surface area contributed by atoms with E-state index >= 15 is 0 Å². The first kappa shape index (κ1) is 25.6. The Morgan fingerprint density at radius 1 is 1.10 bits per heavy atom. The molecule has 1 aromatic carbocycles. The van der Waals surface area contributed by atoms with E-state index in [0.717, 1.165) is 50.7 Å². The summed E-state index contributed by atoms with van der Waals surface area (Å²) in [5.41, 5.74) is 3.93. The van der Waals surface area contributed by atoms with E-state index in [1.165, 1.54) is 11.1 Å². The number of halogens is 1. The second-order valence-corrected chi connectivity index (χ2v) is 9.16. The molecule has 2 N–H and O–H groups in total. The number of likely N-dealkylation sites (tertiary alicyclic amines) is 1. The van der Waals surface area contributed by atoms with Crippen LogP contribution in [0.3, 0.4) is 0 Å². The molecule has 1 aliphatic rings. The first-order valence-electron chi connectivity index (χ1n) is 11.2. The van der Waals surface area contributed by atoms with Crippen LogP contribution in [0.2, 0.25) is 0 Å². The minimum absolute atomic E-state index is 0. The van der Waals surface area contributed by atoms with Crippen molar-refractivity contribution in [1.29, 1.82) is 0 Å². The Morgan fingerprint density at radius 2 is 1.81 bits per heavy atom. The number of piperidine rings is 1. The molecule has 5 nitrogen and oxygen atoms in total. The summed E-state index contributed by atoms with van der Waals surface area (Å²) in [4.78, 5) is 11.8. The second kappa shape index (κ2) is 12.4. The van der Waals surface area contributed by atoms with Crippen molar-refractivity contribution in [3.63, 3.8) is 0 Å². The lowest BCUT2D eigenvalue weighted by molar-refractivity contribution is 0.196. The van der Waals surface area contributed by atoms with E-state index in [1.54, 1.807) is 0 Å². The molecule has 1 saturated heterocycles. The molecule has 2 heterocycles. The number of hydrogen-bond acceptors (Lipinski definition) is 3. The number of rotatable bonds is 6. The molecular formula is C25H38IN5. The standard InChI is InChI=1S/C25H37N5.HI/c1-5-26-24(28-18-20-9-11-21(12-10-20)25(2,3)4)29-22-13-16-30(17-14-22)19-23-8-6-7-15-27-23;/h6-12,15,22H,5,13-14,16-19H2,1-4H3,(H2,26,28,29);1H. The highest BCUT2D eigenvalue weighted by molar-refractivity contribution is 14.0. The number of nitrogens with one attached hydrogen (secondary N) is 2. The van der Waals surface area contributed by atoms with Gasteiger partial charge in [-0.05, 0) is 48.4 Å². The van der Waals surface area contributed by atoms with Gasteiger partial charge in [-0.2, -0.15) is 0 Å². The van der Waals surface area contributed by atoms with E-state index in [4.69, 9.17) is 4.99 Å². The van der Waals surface area contributed by atoms with Crippen molar-refractivity contribution in [2.45, 2.75) is 65.1 Å². The number of benzene rings is 1. The molecule has 31 heavy (non-hydrogen) atoms. The van der Waals surface area contributed by atoms with Gasteiger partial charge in [-0.3, -0.25) is 9.88 Å². The summed E-state index contributed by atoms with van der Waals surface area (Å²) in [5, 5.41) is 7.05. The third-order valence-corrected chi connectivity index (χ3v) is 5.62. The molecule has 0 amide bonds. The smallest absolute Gasteiger partial charge is 0.191 e. The summed E-state index contributed by atoms with van der Waals surface area (Å²) < 4.78 is 0. The molecule has 1 fully saturated rings. The maximum Gasteiger partial charge on any atom is 0.191 e. The molecule has 1 aliphatic heterocycles. The molecule has 0 radical (unpaired) electrons. The van der Waals surface area contributed by atoms with Crippen LogP contribution in [0.25, 0.3) is 0 Å². The Morgan fingerprint density at radius 3 is 2.39 bits per heavy atom. The molecule has 170 valence electrons. The van der Waals surface area contributed by atoms with Crippen LogP contribution in [0.1, 0.15) is 57.4 Å². The lowest BCUT2D eigenvalue weighted by Gasteiger charge is -2.32. The topological polar surface area (TPSA) is 52.6 Å². The van der Waals surface area contributed by atoms with Crippen molar-refractivity contribution in [1.82, 2.24) is 20.5 Å². The first-order valence-corrected chi connectivity index (χ1v) is 11.2. The van der Waals surface area contributed by atoms with Crippen molar-refractivity contribution < 1.29 is 0 Å². The minimum Gasteiger partial charge on any atom is -0.357 e. The van der Waals surface area contributed by atoms with E-state index < -0.39 is 0 Å². The zero-order valence-electron chi connectivity index (χ0n) is 19.4. The third-order valence-electron chi connectivity index (χ3n) is 5.62. The fourth-order valence-electron chi connectivity index (χ4n) is 3.75. The fraction of sp³-hybridized carbons (Fsp3) is 0.520. The zero-order chi connectivity index (χ0) is 21.4. The summed E-state index contributed by atoms with van der Waals surface area (Å²) in [5.74, 6) is 0.917. The molecule has 0 spiro atoms. The predicted molar refractivity (Wildman–Crippen MR) is 141 cm³/mol. The van der Waals surface area contributed by atoms with Crippen LogP contribution < -0.4 is 10.6 Å². The normalized spacial score (nSPS) is 15.9. The number of aliphatic imine (C=N–C) groups is 1. The molecule has 3 rings (SSSR count). The van der Waals surface area contributed by atoms with Crippen LogP contribution in [0, 0.1) is 0 Å². The summed E-state index contributed by atoms with van der Waals surface area (Å²) in [6.45, 7) is 13.5. The highest BCUT2D eigenvalue weighted by Gasteiger charge is 2.20. The van der Waals surface area contributed by atoms with Gasteiger partial charge in [0.25, 0.3) is 0 Å².